The maximum atomic E-state index is 4.56. The van der Waals surface area contributed by atoms with Crippen LogP contribution in [0.5, 0.6) is 0 Å². The molecule has 0 nitrogen and oxygen atoms in total. The van der Waals surface area contributed by atoms with E-state index in [1.807, 2.05) is 33.9 Å². The molecule has 0 aromatic rings. The van der Waals surface area contributed by atoms with E-state index < -0.39 is 0 Å². The minimum absolute atomic E-state index is 0. The summed E-state index contributed by atoms with van der Waals surface area (Å²) in [6.07, 6.45) is 0. The van der Waals surface area contributed by atoms with Crippen molar-refractivity contribution in [2.24, 2.45) is 0 Å². The van der Waals surface area contributed by atoms with Crippen LogP contribution in [0.15, 0.2) is 0 Å². The maximum absolute atomic E-state index is 4.56. The zero-order valence-electron chi connectivity index (χ0n) is 1.21. The Kier molecular flexibility index (Phi) is 61.7. The van der Waals surface area contributed by atoms with E-state index in [9.17, 15) is 0 Å². The van der Waals surface area contributed by atoms with Gasteiger partial charge in [0.25, 0.3) is 0 Å². The minimum atomic E-state index is 0. The summed E-state index contributed by atoms with van der Waals surface area (Å²) in [5.41, 5.74) is 0. The van der Waals surface area contributed by atoms with Crippen LogP contribution in [0, 0.1) is 118 Å². The van der Waals surface area contributed by atoms with Gasteiger partial charge in [-0.3, -0.25) is 0 Å². The summed E-state index contributed by atoms with van der Waals surface area (Å²) in [5, 5.41) is 0. The van der Waals surface area contributed by atoms with Crippen molar-refractivity contribution in [3.8, 4) is 0 Å². The molecule has 4 heteroatoms. The summed E-state index contributed by atoms with van der Waals surface area (Å²) in [5.74, 6) is 0. The van der Waals surface area contributed by atoms with Gasteiger partial charge < -0.3 is 0 Å². The topological polar surface area (TPSA) is 0 Å². The van der Waals surface area contributed by atoms with Crippen molar-refractivity contribution < 1.29 is 118 Å². The van der Waals surface area contributed by atoms with Crippen LogP contribution in [0.25, 0.3) is 0 Å². The molecule has 0 unspecified atom stereocenters. The number of hydrogen-bond donors (Lipinski definition) is 0. The number of rotatable bonds is 0. The Bertz CT molecular complexity index is 8.00. The minimum Gasteiger partial charge on any atom is 0 e. The van der Waals surface area contributed by atoms with E-state index >= 15 is 0 Å². The Labute approximate surface area is 120 Å². The summed E-state index contributed by atoms with van der Waals surface area (Å²) in [6.45, 7) is 4.56. The van der Waals surface area contributed by atoms with E-state index in [0.29, 0.717) is 0 Å². The van der Waals surface area contributed by atoms with Gasteiger partial charge in [-0.15, -0.1) is 0 Å². The largest absolute Gasteiger partial charge is 0 e. The third kappa shape index (κ3) is 9.56. The van der Waals surface area contributed by atoms with Gasteiger partial charge in [0.05, 0.1) is 0 Å². The summed E-state index contributed by atoms with van der Waals surface area (Å²) in [6, 6.07) is 0. The van der Waals surface area contributed by atoms with Gasteiger partial charge in [-0.05, 0) is 0 Å². The fourth-order valence-corrected chi connectivity index (χ4v) is 0. The first-order valence-corrected chi connectivity index (χ1v) is 2.43. The van der Waals surface area contributed by atoms with Crippen molar-refractivity contribution in [2.45, 2.75) is 0 Å². The molecule has 0 bridgehead atoms. The summed E-state index contributed by atoms with van der Waals surface area (Å²) >= 11 is 1.89. The zero-order valence-corrected chi connectivity index (χ0v) is 7.31. The van der Waals surface area contributed by atoms with Gasteiger partial charge in [0.15, 0.2) is 0 Å². The van der Waals surface area contributed by atoms with Crippen LogP contribution in [0.3, 0.4) is 0 Å². The molecule has 46 valence electrons. The van der Waals surface area contributed by atoms with Crippen LogP contribution >= 0.6 is 6.47 Å². The Morgan fingerprint density at radius 2 is 1.25 bits per heavy atom. The Morgan fingerprint density at radius 3 is 1.25 bits per heavy atom. The van der Waals surface area contributed by atoms with Gasteiger partial charge in [0, 0.05) is 83.8 Å². The average molecular weight is 545 g/mol. The Balaban J connectivity index is -0.00000000500. The SMILES string of the molecule is [Cl][Er].[Tm].[Yb]. The van der Waals surface area contributed by atoms with E-state index in [4.69, 9.17) is 0 Å². The summed E-state index contributed by atoms with van der Waals surface area (Å²) in [7, 11) is 0. The molecule has 0 rings (SSSR count). The quantitative estimate of drug-likeness (QED) is 0.421. The van der Waals surface area contributed by atoms with Crippen molar-refractivity contribution in [1.29, 1.82) is 0 Å². The van der Waals surface area contributed by atoms with Gasteiger partial charge in [-0.1, -0.05) is 0 Å². The molecule has 0 saturated carbocycles. The third-order valence-electron chi connectivity index (χ3n) is 0. The first kappa shape index (κ1) is 15.7. The number of hydrogen-bond acceptors (Lipinski definition) is 0. The van der Waals surface area contributed by atoms with Crippen LogP contribution in [-0.4, -0.2) is 0 Å². The smallest absolute Gasteiger partial charge is 0 e. The van der Waals surface area contributed by atoms with Gasteiger partial charge in [0.1, 0.15) is 0 Å². The van der Waals surface area contributed by atoms with Gasteiger partial charge >= 0.3 is 40.4 Å². The van der Waals surface area contributed by atoms with Crippen LogP contribution in [0.1, 0.15) is 0 Å². The molecule has 0 atom stereocenters. The molecular weight excluding hydrogens is 545 g/mol. The van der Waals surface area contributed by atoms with E-state index in [0.717, 1.165) is 0 Å². The van der Waals surface area contributed by atoms with Crippen LogP contribution in [0.2, 0.25) is 0 Å². The molecule has 0 saturated heterocycles. The molecule has 0 aromatic carbocycles. The van der Waals surface area contributed by atoms with Crippen molar-refractivity contribution >= 4 is 6.47 Å². The standard InChI is InChI=1S/ClH.Er.Tm.Yb/h1H;;;/q;+1;;/p-1. The number of halogens is 1. The maximum Gasteiger partial charge on any atom is 0 e. The molecule has 0 fully saturated rings. The van der Waals surface area contributed by atoms with E-state index in [-0.39, 0.29) is 83.8 Å². The van der Waals surface area contributed by atoms with Crippen molar-refractivity contribution in [3.63, 3.8) is 0 Å². The molecule has 0 amide bonds. The fraction of sp³-hybridized carbons (Fsp3) is 0. The van der Waals surface area contributed by atoms with E-state index in [1.54, 1.807) is 0 Å². The molecule has 0 aromatic heterocycles. The molecule has 0 heterocycles. The van der Waals surface area contributed by atoms with Gasteiger partial charge in [-0.2, -0.15) is 0 Å². The normalized spacial score (nSPS) is 1.75. The van der Waals surface area contributed by atoms with Crippen molar-refractivity contribution in [1.82, 2.24) is 0 Å². The second-order valence-electron chi connectivity index (χ2n) is 0. The second-order valence-corrected chi connectivity index (χ2v) is 0. The molecule has 0 spiro atoms. The first-order chi connectivity index (χ1) is 1.00. The second kappa shape index (κ2) is 15.7. The van der Waals surface area contributed by atoms with Gasteiger partial charge in [0.2, 0.25) is 0 Å². The molecule has 0 N–H and O–H groups in total. The summed E-state index contributed by atoms with van der Waals surface area (Å²) in [4.78, 5) is 0. The van der Waals surface area contributed by atoms with Gasteiger partial charge in [-0.25, -0.2) is 0 Å². The predicted molar refractivity (Wildman–Crippen MR) is 5.85 cm³/mol. The molecule has 1 radical (unpaired) electrons. The molecule has 0 aliphatic carbocycles. The molecular formula is ClErTmYb. The Hall–Kier alpha value is 4.29. The first-order valence-electron chi connectivity index (χ1n) is 0.109. The van der Waals surface area contributed by atoms with E-state index in [2.05, 4.69) is 6.47 Å². The van der Waals surface area contributed by atoms with E-state index in [1.165, 1.54) is 0 Å². The average Bonchev–Trinajstić information content (AvgIpc) is 1.00. The van der Waals surface area contributed by atoms with Crippen molar-refractivity contribution in [2.75, 3.05) is 0 Å². The summed E-state index contributed by atoms with van der Waals surface area (Å²) < 4.78 is 0. The molecule has 0 aliphatic rings. The molecule has 0 aliphatic heterocycles. The fourth-order valence-electron chi connectivity index (χ4n) is 0. The van der Waals surface area contributed by atoms with Crippen LogP contribution in [0.4, 0.5) is 0 Å². The monoisotopic (exact) mass is 544 g/mol. The van der Waals surface area contributed by atoms with Crippen molar-refractivity contribution in [3.05, 3.63) is 0 Å². The predicted octanol–water partition coefficient (Wildman–Crippen LogP) is 0.690. The van der Waals surface area contributed by atoms with Crippen LogP contribution in [-0.2, 0) is 0 Å². The Morgan fingerprint density at radius 1 is 1.25 bits per heavy atom. The third-order valence-corrected chi connectivity index (χ3v) is 0. The molecule has 4 heavy (non-hydrogen) atoms. The van der Waals surface area contributed by atoms with Crippen LogP contribution < -0.4 is 0 Å². The zero-order chi connectivity index (χ0) is 2.00.